The summed E-state index contributed by atoms with van der Waals surface area (Å²) in [5.41, 5.74) is 9.77. The van der Waals surface area contributed by atoms with Crippen LogP contribution >= 0.6 is 15.9 Å². The van der Waals surface area contributed by atoms with Crippen LogP contribution in [0.3, 0.4) is 0 Å². The fraction of sp³-hybridized carbons (Fsp3) is 0.174. The Morgan fingerprint density at radius 1 is 1.23 bits per heavy atom. The fourth-order valence-corrected chi connectivity index (χ4v) is 3.97. The number of hydrogen-bond donors (Lipinski definition) is 2. The van der Waals surface area contributed by atoms with Gasteiger partial charge in [-0.2, -0.15) is 10.4 Å². The van der Waals surface area contributed by atoms with E-state index in [9.17, 15) is 15.2 Å². The number of aromatic nitrogens is 2. The summed E-state index contributed by atoms with van der Waals surface area (Å²) in [6.07, 6.45) is 0. The molecule has 4 rings (SSSR count). The Balaban J connectivity index is 1.95. The van der Waals surface area contributed by atoms with Crippen molar-refractivity contribution in [3.8, 4) is 17.6 Å². The van der Waals surface area contributed by atoms with Crippen LogP contribution in [-0.4, -0.2) is 20.9 Å². The van der Waals surface area contributed by atoms with E-state index < -0.39 is 11.9 Å². The molecule has 1 aliphatic rings. The number of allylic oxidation sites excluding steroid dienone is 1. The van der Waals surface area contributed by atoms with Crippen LogP contribution in [0.15, 0.2) is 64.5 Å². The predicted octanol–water partition coefficient (Wildman–Crippen LogP) is 4.67. The summed E-state index contributed by atoms with van der Waals surface area (Å²) in [5.74, 6) is -0.924. The zero-order chi connectivity index (χ0) is 22.3. The van der Waals surface area contributed by atoms with Gasteiger partial charge in [0.05, 0.1) is 28.4 Å². The Morgan fingerprint density at radius 2 is 1.87 bits per heavy atom. The number of nitrogens with zero attached hydrogens (tertiary/aromatic N) is 3. The molecular formula is C23H19BrN4O3. The third-order valence-electron chi connectivity index (χ3n) is 5.19. The number of carboxylic acid groups (broad SMARTS) is 1. The highest BCUT2D eigenvalue weighted by atomic mass is 79.9. The van der Waals surface area contributed by atoms with Crippen LogP contribution < -0.4 is 10.5 Å². The van der Waals surface area contributed by atoms with Crippen molar-refractivity contribution in [3.05, 3.63) is 86.8 Å². The molecule has 0 fully saturated rings. The van der Waals surface area contributed by atoms with Crippen molar-refractivity contribution in [2.45, 2.75) is 25.7 Å². The smallest absolute Gasteiger partial charge is 0.335 e. The van der Waals surface area contributed by atoms with Crippen molar-refractivity contribution < 1.29 is 14.6 Å². The lowest BCUT2D eigenvalue weighted by Crippen LogP contribution is -2.22. The van der Waals surface area contributed by atoms with Crippen LogP contribution in [0.5, 0.6) is 5.88 Å². The fourth-order valence-electron chi connectivity index (χ4n) is 3.70. The minimum atomic E-state index is -1.01. The maximum atomic E-state index is 11.2. The first-order valence-corrected chi connectivity index (χ1v) is 10.4. The van der Waals surface area contributed by atoms with Crippen molar-refractivity contribution in [1.29, 1.82) is 5.26 Å². The monoisotopic (exact) mass is 478 g/mol. The van der Waals surface area contributed by atoms with Crippen LogP contribution in [0.4, 0.5) is 0 Å². The molecule has 0 bridgehead atoms. The van der Waals surface area contributed by atoms with Crippen LogP contribution in [-0.2, 0) is 0 Å². The molecule has 7 nitrogen and oxygen atoms in total. The van der Waals surface area contributed by atoms with Gasteiger partial charge in [0, 0.05) is 4.47 Å². The van der Waals surface area contributed by atoms with Crippen LogP contribution in [0.25, 0.3) is 5.69 Å². The number of ether oxygens (including phenoxy) is 1. The van der Waals surface area contributed by atoms with E-state index in [-0.39, 0.29) is 17.4 Å². The molecule has 2 heterocycles. The lowest BCUT2D eigenvalue weighted by Gasteiger charge is -2.25. The molecule has 1 atom stereocenters. The lowest BCUT2D eigenvalue weighted by atomic mass is 9.82. The van der Waals surface area contributed by atoms with Gasteiger partial charge in [0.2, 0.25) is 11.8 Å². The SMILES string of the molecule is CC(C)c1nn(-c2ccc(C(=O)O)cc2)c2c1C(c1ccc(Br)cc1)C(C#N)=C(N)O2. The van der Waals surface area contributed by atoms with Crippen LogP contribution in [0.1, 0.15) is 52.9 Å². The number of halogens is 1. The number of nitriles is 1. The second-order valence-electron chi connectivity index (χ2n) is 7.50. The summed E-state index contributed by atoms with van der Waals surface area (Å²) < 4.78 is 8.46. The number of hydrogen-bond acceptors (Lipinski definition) is 5. The number of benzene rings is 2. The molecule has 0 saturated carbocycles. The standard InChI is InChI=1S/C23H19BrN4O3/c1-12(2)20-19-18(13-3-7-15(24)8-4-13)17(11-25)21(26)31-22(19)28(27-20)16-9-5-14(6-10-16)23(29)30/h3-10,12,18H,26H2,1-2H3,(H,29,30). The quantitative estimate of drug-likeness (QED) is 0.562. The Kier molecular flexibility index (Phi) is 5.29. The van der Waals surface area contributed by atoms with Gasteiger partial charge in [-0.3, -0.25) is 0 Å². The molecule has 31 heavy (non-hydrogen) atoms. The van der Waals surface area contributed by atoms with Crippen molar-refractivity contribution in [1.82, 2.24) is 9.78 Å². The van der Waals surface area contributed by atoms with Crippen LogP contribution in [0.2, 0.25) is 0 Å². The van der Waals surface area contributed by atoms with Gasteiger partial charge in [-0.1, -0.05) is 41.9 Å². The minimum absolute atomic E-state index is 0.0292. The highest BCUT2D eigenvalue weighted by molar-refractivity contribution is 9.10. The molecule has 8 heteroatoms. The third kappa shape index (κ3) is 3.57. The molecule has 0 aliphatic carbocycles. The summed E-state index contributed by atoms with van der Waals surface area (Å²) in [5, 5.41) is 23.8. The highest BCUT2D eigenvalue weighted by Crippen LogP contribution is 2.46. The summed E-state index contributed by atoms with van der Waals surface area (Å²) in [4.78, 5) is 11.2. The van der Waals surface area contributed by atoms with Gasteiger partial charge in [-0.25, -0.2) is 9.48 Å². The highest BCUT2D eigenvalue weighted by Gasteiger charge is 2.37. The zero-order valence-electron chi connectivity index (χ0n) is 16.8. The number of carbonyl (C=O) groups is 1. The molecule has 156 valence electrons. The van der Waals surface area contributed by atoms with Crippen LogP contribution in [0, 0.1) is 11.3 Å². The number of carboxylic acids is 1. The molecule has 0 radical (unpaired) electrons. The van der Waals surface area contributed by atoms with E-state index in [1.54, 1.807) is 16.8 Å². The van der Waals surface area contributed by atoms with Gasteiger partial charge < -0.3 is 15.6 Å². The molecule has 3 aromatic rings. The molecule has 1 aromatic heterocycles. The second-order valence-corrected chi connectivity index (χ2v) is 8.41. The molecule has 3 N–H and O–H groups in total. The number of fused-ring (bicyclic) bond motifs is 1. The van der Waals surface area contributed by atoms with E-state index in [1.165, 1.54) is 12.1 Å². The predicted molar refractivity (Wildman–Crippen MR) is 118 cm³/mol. The molecule has 0 amide bonds. The van der Waals surface area contributed by atoms with Gasteiger partial charge in [0.15, 0.2) is 0 Å². The van der Waals surface area contributed by atoms with Gasteiger partial charge in [-0.05, 0) is 47.9 Å². The average molecular weight is 479 g/mol. The van der Waals surface area contributed by atoms with E-state index in [0.29, 0.717) is 17.1 Å². The van der Waals surface area contributed by atoms with E-state index >= 15 is 0 Å². The maximum absolute atomic E-state index is 11.2. The summed E-state index contributed by atoms with van der Waals surface area (Å²) in [6, 6.07) is 16.3. The van der Waals surface area contributed by atoms with Gasteiger partial charge in [0.25, 0.3) is 0 Å². The van der Waals surface area contributed by atoms with E-state index in [2.05, 4.69) is 22.0 Å². The van der Waals surface area contributed by atoms with E-state index in [4.69, 9.17) is 15.6 Å². The lowest BCUT2D eigenvalue weighted by molar-refractivity contribution is 0.0697. The first-order chi connectivity index (χ1) is 14.8. The second kappa shape index (κ2) is 7.93. The number of nitrogens with two attached hydrogens (primary N) is 1. The molecule has 1 unspecified atom stereocenters. The Bertz CT molecular complexity index is 1240. The average Bonchev–Trinajstić information content (AvgIpc) is 3.12. The summed E-state index contributed by atoms with van der Waals surface area (Å²) in [7, 11) is 0. The summed E-state index contributed by atoms with van der Waals surface area (Å²) in [6.45, 7) is 4.04. The maximum Gasteiger partial charge on any atom is 0.335 e. The Labute approximate surface area is 187 Å². The molecule has 0 saturated heterocycles. The zero-order valence-corrected chi connectivity index (χ0v) is 18.4. The minimum Gasteiger partial charge on any atom is -0.478 e. The van der Waals surface area contributed by atoms with Gasteiger partial charge >= 0.3 is 5.97 Å². The number of rotatable bonds is 4. The van der Waals surface area contributed by atoms with Gasteiger partial charge in [-0.15, -0.1) is 0 Å². The normalized spacial score (nSPS) is 15.4. The van der Waals surface area contributed by atoms with E-state index in [0.717, 1.165) is 21.3 Å². The van der Waals surface area contributed by atoms with Crippen molar-refractivity contribution in [2.75, 3.05) is 0 Å². The largest absolute Gasteiger partial charge is 0.478 e. The first-order valence-electron chi connectivity index (χ1n) is 9.61. The molecule has 0 spiro atoms. The molecule has 2 aromatic carbocycles. The van der Waals surface area contributed by atoms with Crippen molar-refractivity contribution in [3.63, 3.8) is 0 Å². The topological polar surface area (TPSA) is 114 Å². The Morgan fingerprint density at radius 3 is 2.42 bits per heavy atom. The molecular weight excluding hydrogens is 460 g/mol. The Hall–Kier alpha value is -3.57. The molecule has 1 aliphatic heterocycles. The first kappa shape index (κ1) is 20.7. The summed E-state index contributed by atoms with van der Waals surface area (Å²) >= 11 is 3.45. The van der Waals surface area contributed by atoms with Crippen molar-refractivity contribution in [2.24, 2.45) is 5.73 Å². The van der Waals surface area contributed by atoms with E-state index in [1.807, 2.05) is 38.1 Å². The third-order valence-corrected chi connectivity index (χ3v) is 5.71. The van der Waals surface area contributed by atoms with Gasteiger partial charge in [0.1, 0.15) is 11.6 Å². The number of aromatic carboxylic acids is 1. The van der Waals surface area contributed by atoms with Crippen molar-refractivity contribution >= 4 is 21.9 Å².